The van der Waals surface area contributed by atoms with Gasteiger partial charge < -0.3 is 20.1 Å². The minimum absolute atomic E-state index is 0.114. The fourth-order valence-electron chi connectivity index (χ4n) is 1.95. The maximum atomic E-state index is 12.3. The van der Waals surface area contributed by atoms with Crippen LogP contribution in [0.25, 0.3) is 0 Å². The van der Waals surface area contributed by atoms with Gasteiger partial charge in [0.15, 0.2) is 0 Å². The van der Waals surface area contributed by atoms with E-state index >= 15 is 0 Å². The first kappa shape index (κ1) is 14.7. The predicted molar refractivity (Wildman–Crippen MR) is 77.9 cm³/mol. The Morgan fingerprint density at radius 1 is 1.45 bits per heavy atom. The maximum Gasteiger partial charge on any atom is 0.255 e. The molecule has 2 N–H and O–H groups in total. The number of anilines is 1. The lowest BCUT2D eigenvalue weighted by molar-refractivity contribution is 0.0682. The molecule has 2 rings (SSSR count). The number of hydrogen-bond donors (Lipinski definition) is 1. The van der Waals surface area contributed by atoms with Gasteiger partial charge in [-0.05, 0) is 30.9 Å². The Kier molecular flexibility index (Phi) is 4.84. The number of rotatable bonds is 7. The highest BCUT2D eigenvalue weighted by Gasteiger charge is 2.21. The number of para-hydroxylation sites is 1. The average Bonchev–Trinajstić information content (AvgIpc) is 3.27. The van der Waals surface area contributed by atoms with E-state index in [2.05, 4.69) is 0 Å². The van der Waals surface area contributed by atoms with Crippen LogP contribution in [0.3, 0.4) is 0 Å². The van der Waals surface area contributed by atoms with Gasteiger partial charge in [0, 0.05) is 20.2 Å². The molecule has 1 aromatic carbocycles. The van der Waals surface area contributed by atoms with E-state index in [-0.39, 0.29) is 5.91 Å². The first-order chi connectivity index (χ1) is 9.63. The van der Waals surface area contributed by atoms with Gasteiger partial charge in [-0.3, -0.25) is 4.79 Å². The third-order valence-corrected chi connectivity index (χ3v) is 3.48. The number of ether oxygens (including phenoxy) is 2. The van der Waals surface area contributed by atoms with Gasteiger partial charge >= 0.3 is 0 Å². The summed E-state index contributed by atoms with van der Waals surface area (Å²) in [6, 6.07) is 5.21. The molecule has 20 heavy (non-hydrogen) atoms. The summed E-state index contributed by atoms with van der Waals surface area (Å²) in [5.41, 5.74) is 6.78. The van der Waals surface area contributed by atoms with Gasteiger partial charge in [0.05, 0.1) is 25.0 Å². The van der Waals surface area contributed by atoms with Gasteiger partial charge in [0.25, 0.3) is 5.91 Å². The number of amides is 1. The largest absolute Gasteiger partial charge is 0.495 e. The number of carbonyl (C=O) groups excluding carboxylic acids is 1. The Morgan fingerprint density at radius 2 is 2.20 bits per heavy atom. The molecule has 5 heteroatoms. The quantitative estimate of drug-likeness (QED) is 0.610. The minimum Gasteiger partial charge on any atom is -0.495 e. The van der Waals surface area contributed by atoms with Crippen molar-refractivity contribution in [1.29, 1.82) is 0 Å². The third-order valence-electron chi connectivity index (χ3n) is 3.48. The number of nitrogens with two attached hydrogens (primary N) is 1. The van der Waals surface area contributed by atoms with Gasteiger partial charge in [0.2, 0.25) is 0 Å². The SMILES string of the molecule is COc1cccc(C(=O)N(C)CCOCC2CC2)c1N. The molecule has 0 radical (unpaired) electrons. The summed E-state index contributed by atoms with van der Waals surface area (Å²) >= 11 is 0. The lowest BCUT2D eigenvalue weighted by atomic mass is 10.1. The number of nitrogens with zero attached hydrogens (tertiary/aromatic N) is 1. The molecule has 0 spiro atoms. The van der Waals surface area contributed by atoms with Crippen molar-refractivity contribution in [1.82, 2.24) is 4.90 Å². The van der Waals surface area contributed by atoms with Gasteiger partial charge in [-0.1, -0.05) is 6.07 Å². The number of benzene rings is 1. The average molecular weight is 278 g/mol. The molecule has 0 heterocycles. The second-order valence-electron chi connectivity index (χ2n) is 5.17. The van der Waals surface area contributed by atoms with Crippen LogP contribution in [0.1, 0.15) is 23.2 Å². The molecule has 0 aromatic heterocycles. The Balaban J connectivity index is 1.88. The summed E-state index contributed by atoms with van der Waals surface area (Å²) in [5.74, 6) is 1.15. The van der Waals surface area contributed by atoms with Crippen LogP contribution in [0.4, 0.5) is 5.69 Å². The zero-order valence-corrected chi connectivity index (χ0v) is 12.1. The van der Waals surface area contributed by atoms with Crippen molar-refractivity contribution in [3.8, 4) is 5.75 Å². The Hall–Kier alpha value is -1.75. The van der Waals surface area contributed by atoms with E-state index in [9.17, 15) is 4.79 Å². The number of methoxy groups -OCH3 is 1. The van der Waals surface area contributed by atoms with E-state index in [4.69, 9.17) is 15.2 Å². The summed E-state index contributed by atoms with van der Waals surface area (Å²) in [4.78, 5) is 13.9. The Bertz CT molecular complexity index is 472. The molecule has 1 aliphatic rings. The summed E-state index contributed by atoms with van der Waals surface area (Å²) in [7, 11) is 3.29. The van der Waals surface area contributed by atoms with Gasteiger partial charge in [-0.15, -0.1) is 0 Å². The number of nitrogen functional groups attached to an aromatic ring is 1. The van der Waals surface area contributed by atoms with Gasteiger partial charge in [-0.2, -0.15) is 0 Å². The van der Waals surface area contributed by atoms with Crippen LogP contribution < -0.4 is 10.5 Å². The molecule has 5 nitrogen and oxygen atoms in total. The monoisotopic (exact) mass is 278 g/mol. The number of likely N-dealkylation sites (N-methyl/N-ethyl adjacent to an activating group) is 1. The number of hydrogen-bond acceptors (Lipinski definition) is 4. The van der Waals surface area contributed by atoms with E-state index in [1.165, 1.54) is 20.0 Å². The Labute approximate surface area is 119 Å². The zero-order valence-electron chi connectivity index (χ0n) is 12.1. The molecule has 110 valence electrons. The highest BCUT2D eigenvalue weighted by Crippen LogP contribution is 2.28. The molecule has 0 unspecified atom stereocenters. The van der Waals surface area contributed by atoms with E-state index in [0.717, 1.165) is 12.5 Å². The molecule has 0 aliphatic heterocycles. The van der Waals surface area contributed by atoms with Crippen LogP contribution in [0.2, 0.25) is 0 Å². The molecule has 1 saturated carbocycles. The molecule has 1 aromatic rings. The first-order valence-electron chi connectivity index (χ1n) is 6.89. The van der Waals surface area contributed by atoms with Crippen molar-refractivity contribution in [3.63, 3.8) is 0 Å². The van der Waals surface area contributed by atoms with Crippen LogP contribution in [0.15, 0.2) is 18.2 Å². The molecule has 1 aliphatic carbocycles. The normalized spacial score (nSPS) is 14.1. The summed E-state index contributed by atoms with van der Waals surface area (Å²) in [6.07, 6.45) is 2.55. The molecule has 1 amide bonds. The van der Waals surface area contributed by atoms with Crippen molar-refractivity contribution >= 4 is 11.6 Å². The van der Waals surface area contributed by atoms with E-state index in [1.807, 2.05) is 0 Å². The molecule has 0 atom stereocenters. The Morgan fingerprint density at radius 3 is 2.85 bits per heavy atom. The van der Waals surface area contributed by atoms with E-state index in [1.54, 1.807) is 30.1 Å². The summed E-state index contributed by atoms with van der Waals surface area (Å²) in [5, 5.41) is 0. The second-order valence-corrected chi connectivity index (χ2v) is 5.17. The molecule has 0 saturated heterocycles. The standard InChI is InChI=1S/C15H22N2O3/c1-17(8-9-20-10-11-6-7-11)15(18)12-4-3-5-13(19-2)14(12)16/h3-5,11H,6-10,16H2,1-2H3. The van der Waals surface area contributed by atoms with E-state index < -0.39 is 0 Å². The highest BCUT2D eigenvalue weighted by molar-refractivity contribution is 6.00. The van der Waals surface area contributed by atoms with Crippen LogP contribution in [0, 0.1) is 5.92 Å². The van der Waals surface area contributed by atoms with Gasteiger partial charge in [-0.25, -0.2) is 0 Å². The lowest BCUT2D eigenvalue weighted by Gasteiger charge is -2.19. The zero-order chi connectivity index (χ0) is 14.5. The smallest absolute Gasteiger partial charge is 0.255 e. The lowest BCUT2D eigenvalue weighted by Crippen LogP contribution is -2.31. The van der Waals surface area contributed by atoms with E-state index in [0.29, 0.717) is 30.2 Å². The van der Waals surface area contributed by atoms with Crippen molar-refractivity contribution in [2.75, 3.05) is 39.6 Å². The molecule has 0 bridgehead atoms. The third kappa shape index (κ3) is 3.63. The topological polar surface area (TPSA) is 64.8 Å². The fraction of sp³-hybridized carbons (Fsp3) is 0.533. The molecule has 1 fully saturated rings. The highest BCUT2D eigenvalue weighted by atomic mass is 16.5. The van der Waals surface area contributed by atoms with Crippen LogP contribution in [-0.4, -0.2) is 44.7 Å². The maximum absolute atomic E-state index is 12.3. The van der Waals surface area contributed by atoms with Crippen molar-refractivity contribution in [2.45, 2.75) is 12.8 Å². The van der Waals surface area contributed by atoms with Crippen molar-refractivity contribution in [3.05, 3.63) is 23.8 Å². The van der Waals surface area contributed by atoms with Gasteiger partial charge in [0.1, 0.15) is 5.75 Å². The predicted octanol–water partition coefficient (Wildman–Crippen LogP) is 1.78. The first-order valence-corrected chi connectivity index (χ1v) is 6.89. The second kappa shape index (κ2) is 6.61. The fourth-order valence-corrected chi connectivity index (χ4v) is 1.95. The summed E-state index contributed by atoms with van der Waals surface area (Å²) in [6.45, 7) is 1.92. The minimum atomic E-state index is -0.114. The summed E-state index contributed by atoms with van der Waals surface area (Å²) < 4.78 is 10.7. The van der Waals surface area contributed by atoms with Crippen molar-refractivity contribution in [2.24, 2.45) is 5.92 Å². The van der Waals surface area contributed by atoms with Crippen LogP contribution in [0.5, 0.6) is 5.75 Å². The molecular weight excluding hydrogens is 256 g/mol. The molecular formula is C15H22N2O3. The van der Waals surface area contributed by atoms with Crippen LogP contribution in [-0.2, 0) is 4.74 Å². The number of carbonyl (C=O) groups is 1. The van der Waals surface area contributed by atoms with Crippen LogP contribution >= 0.6 is 0 Å². The van der Waals surface area contributed by atoms with Crippen molar-refractivity contribution < 1.29 is 14.3 Å².